The van der Waals surface area contributed by atoms with Crippen molar-refractivity contribution >= 4 is 22.6 Å². The first-order valence-electron chi connectivity index (χ1n) is 8.56. The first-order chi connectivity index (χ1) is 12.7. The van der Waals surface area contributed by atoms with Gasteiger partial charge in [0, 0.05) is 6.54 Å². The van der Waals surface area contributed by atoms with Crippen molar-refractivity contribution in [2.24, 2.45) is 0 Å². The molecule has 1 heterocycles. The van der Waals surface area contributed by atoms with Crippen molar-refractivity contribution in [1.29, 1.82) is 0 Å². The van der Waals surface area contributed by atoms with Gasteiger partial charge in [-0.25, -0.2) is 0 Å². The van der Waals surface area contributed by atoms with Crippen molar-refractivity contribution in [2.75, 3.05) is 26.4 Å². The van der Waals surface area contributed by atoms with Crippen LogP contribution in [0.15, 0.2) is 55.1 Å². The molecule has 2 aromatic rings. The molecule has 1 aliphatic heterocycles. The number of hydrogen-bond donors (Lipinski definition) is 2. The molecule has 1 fully saturated rings. The van der Waals surface area contributed by atoms with Crippen LogP contribution >= 0.6 is 0 Å². The molecule has 0 aliphatic carbocycles. The maximum atomic E-state index is 12.5. The van der Waals surface area contributed by atoms with Gasteiger partial charge in [0.25, 0.3) is 5.91 Å². The Labute approximate surface area is 152 Å². The van der Waals surface area contributed by atoms with Gasteiger partial charge in [0.2, 0.25) is 5.91 Å². The summed E-state index contributed by atoms with van der Waals surface area (Å²) in [6, 6.07) is 13.6. The zero-order chi connectivity index (χ0) is 18.4. The van der Waals surface area contributed by atoms with Crippen LogP contribution in [-0.2, 0) is 19.1 Å². The van der Waals surface area contributed by atoms with E-state index >= 15 is 0 Å². The highest BCUT2D eigenvalue weighted by atomic mass is 16.6. The van der Waals surface area contributed by atoms with E-state index in [0.717, 1.165) is 16.3 Å². The summed E-state index contributed by atoms with van der Waals surface area (Å²) < 4.78 is 10.7. The van der Waals surface area contributed by atoms with Gasteiger partial charge >= 0.3 is 0 Å². The van der Waals surface area contributed by atoms with E-state index in [2.05, 4.69) is 17.2 Å². The second-order valence-electron chi connectivity index (χ2n) is 6.05. The Morgan fingerprint density at radius 2 is 2.00 bits per heavy atom. The molecule has 0 saturated carbocycles. The van der Waals surface area contributed by atoms with E-state index in [4.69, 9.17) is 9.47 Å². The summed E-state index contributed by atoms with van der Waals surface area (Å²) in [5, 5.41) is 7.88. The molecule has 0 spiro atoms. The standard InChI is InChI=1S/C20H22N2O4/c1-2-19(23)21-12-17(22-20(24)18-13-25-9-10-26-18)16-8-7-14-5-3-4-6-15(14)11-16/h2-8,11,17-18H,1,9-10,12-13H2,(H,21,23)(H,22,24). The predicted octanol–water partition coefficient (Wildman–Crippen LogP) is 1.71. The highest BCUT2D eigenvalue weighted by Crippen LogP contribution is 2.20. The van der Waals surface area contributed by atoms with E-state index in [1.165, 1.54) is 6.08 Å². The zero-order valence-electron chi connectivity index (χ0n) is 14.4. The van der Waals surface area contributed by atoms with Crippen LogP contribution in [0.5, 0.6) is 0 Å². The summed E-state index contributed by atoms with van der Waals surface area (Å²) in [7, 11) is 0. The van der Waals surface area contributed by atoms with Gasteiger partial charge in [-0.2, -0.15) is 0 Å². The Kier molecular flexibility index (Phi) is 5.99. The Morgan fingerprint density at radius 1 is 1.19 bits per heavy atom. The molecule has 1 saturated heterocycles. The van der Waals surface area contributed by atoms with Crippen molar-refractivity contribution in [1.82, 2.24) is 10.6 Å². The quantitative estimate of drug-likeness (QED) is 0.775. The van der Waals surface area contributed by atoms with Crippen molar-refractivity contribution in [3.8, 4) is 0 Å². The summed E-state index contributed by atoms with van der Waals surface area (Å²) in [4.78, 5) is 24.1. The van der Waals surface area contributed by atoms with E-state index in [9.17, 15) is 9.59 Å². The Bertz CT molecular complexity index is 799. The van der Waals surface area contributed by atoms with E-state index < -0.39 is 6.10 Å². The molecule has 6 heteroatoms. The van der Waals surface area contributed by atoms with E-state index in [1.54, 1.807) is 0 Å². The van der Waals surface area contributed by atoms with Gasteiger partial charge in [-0.3, -0.25) is 9.59 Å². The van der Waals surface area contributed by atoms with E-state index in [0.29, 0.717) is 13.2 Å². The number of nitrogens with one attached hydrogen (secondary N) is 2. The van der Waals surface area contributed by atoms with Gasteiger partial charge in [-0.1, -0.05) is 43.0 Å². The Balaban J connectivity index is 1.79. The first-order valence-corrected chi connectivity index (χ1v) is 8.56. The Morgan fingerprint density at radius 3 is 2.73 bits per heavy atom. The average molecular weight is 354 g/mol. The molecule has 0 aromatic heterocycles. The minimum atomic E-state index is -0.637. The maximum Gasteiger partial charge on any atom is 0.252 e. The highest BCUT2D eigenvalue weighted by Gasteiger charge is 2.25. The second-order valence-corrected chi connectivity index (χ2v) is 6.05. The molecule has 0 radical (unpaired) electrons. The number of fused-ring (bicyclic) bond motifs is 1. The van der Waals surface area contributed by atoms with Gasteiger partial charge in [0.05, 0.1) is 25.9 Å². The lowest BCUT2D eigenvalue weighted by atomic mass is 10.0. The van der Waals surface area contributed by atoms with Crippen LogP contribution in [0.25, 0.3) is 10.8 Å². The van der Waals surface area contributed by atoms with Crippen LogP contribution in [0.2, 0.25) is 0 Å². The van der Waals surface area contributed by atoms with E-state index in [1.807, 2.05) is 42.5 Å². The molecule has 26 heavy (non-hydrogen) atoms. The summed E-state index contributed by atoms with van der Waals surface area (Å²) >= 11 is 0. The van der Waals surface area contributed by atoms with Gasteiger partial charge in [-0.15, -0.1) is 0 Å². The van der Waals surface area contributed by atoms with Gasteiger partial charge in [0.1, 0.15) is 0 Å². The third-order valence-corrected chi connectivity index (χ3v) is 4.27. The largest absolute Gasteiger partial charge is 0.376 e. The molecule has 2 amide bonds. The van der Waals surface area contributed by atoms with Crippen LogP contribution in [0, 0.1) is 0 Å². The maximum absolute atomic E-state index is 12.5. The third kappa shape index (κ3) is 4.47. The summed E-state index contributed by atoms with van der Waals surface area (Å²) in [6.45, 7) is 4.82. The number of carbonyl (C=O) groups excluding carboxylic acids is 2. The van der Waals surface area contributed by atoms with Crippen LogP contribution in [0.1, 0.15) is 11.6 Å². The molecule has 0 bridgehead atoms. The number of hydrogen-bond acceptors (Lipinski definition) is 4. The first kappa shape index (κ1) is 18.1. The normalized spacial score (nSPS) is 18.1. The number of carbonyl (C=O) groups is 2. The SMILES string of the molecule is C=CC(=O)NCC(NC(=O)C1COCCO1)c1ccc2ccccc2c1. The molecule has 2 aromatic carbocycles. The molecular weight excluding hydrogens is 332 g/mol. The lowest BCUT2D eigenvalue weighted by molar-refractivity contribution is -0.148. The van der Waals surface area contributed by atoms with Crippen molar-refractivity contribution < 1.29 is 19.1 Å². The van der Waals surface area contributed by atoms with E-state index in [-0.39, 0.29) is 31.0 Å². The fourth-order valence-electron chi connectivity index (χ4n) is 2.86. The average Bonchev–Trinajstić information content (AvgIpc) is 2.70. The molecule has 2 atom stereocenters. The molecular formula is C20H22N2O4. The summed E-state index contributed by atoms with van der Waals surface area (Å²) in [5.41, 5.74) is 0.901. The minimum Gasteiger partial charge on any atom is -0.376 e. The lowest BCUT2D eigenvalue weighted by Crippen LogP contribution is -2.46. The molecule has 3 rings (SSSR count). The molecule has 2 unspecified atom stereocenters. The molecule has 136 valence electrons. The number of amides is 2. The second kappa shape index (κ2) is 8.60. The lowest BCUT2D eigenvalue weighted by Gasteiger charge is -2.26. The minimum absolute atomic E-state index is 0.231. The van der Waals surface area contributed by atoms with Crippen molar-refractivity contribution in [2.45, 2.75) is 12.1 Å². The van der Waals surface area contributed by atoms with Crippen LogP contribution < -0.4 is 10.6 Å². The number of benzene rings is 2. The highest BCUT2D eigenvalue weighted by molar-refractivity contribution is 5.87. The van der Waals surface area contributed by atoms with Gasteiger partial charge in [0.15, 0.2) is 6.10 Å². The fourth-order valence-corrected chi connectivity index (χ4v) is 2.86. The summed E-state index contributed by atoms with van der Waals surface area (Å²) in [6.07, 6.45) is 0.569. The monoisotopic (exact) mass is 354 g/mol. The molecule has 6 nitrogen and oxygen atoms in total. The van der Waals surface area contributed by atoms with Gasteiger partial charge in [-0.05, 0) is 28.5 Å². The smallest absolute Gasteiger partial charge is 0.252 e. The number of ether oxygens (including phenoxy) is 2. The molecule has 2 N–H and O–H groups in total. The third-order valence-electron chi connectivity index (χ3n) is 4.27. The van der Waals surface area contributed by atoms with Gasteiger partial charge < -0.3 is 20.1 Å². The molecule has 1 aliphatic rings. The number of rotatable bonds is 6. The summed E-state index contributed by atoms with van der Waals surface area (Å²) in [5.74, 6) is -0.544. The fraction of sp³-hybridized carbons (Fsp3) is 0.300. The zero-order valence-corrected chi connectivity index (χ0v) is 14.4. The van der Waals surface area contributed by atoms with Crippen molar-refractivity contribution in [3.63, 3.8) is 0 Å². The van der Waals surface area contributed by atoms with Crippen LogP contribution in [0.4, 0.5) is 0 Å². The van der Waals surface area contributed by atoms with Crippen molar-refractivity contribution in [3.05, 3.63) is 60.7 Å². The Hall–Kier alpha value is -2.70. The van der Waals surface area contributed by atoms with Crippen LogP contribution in [-0.4, -0.2) is 44.3 Å². The van der Waals surface area contributed by atoms with Crippen LogP contribution in [0.3, 0.4) is 0 Å². The topological polar surface area (TPSA) is 76.7 Å². The predicted molar refractivity (Wildman–Crippen MR) is 98.6 cm³/mol.